The third-order valence-electron chi connectivity index (χ3n) is 5.25. The molecule has 0 radical (unpaired) electrons. The van der Waals surface area contributed by atoms with Gasteiger partial charge in [-0.3, -0.25) is 20.4 Å². The molecular formula is C22H22FN5O2S. The molecule has 1 aliphatic heterocycles. The number of nitrogens with one attached hydrogen (secondary N) is 2. The molecule has 2 amide bonds. The molecule has 0 atom stereocenters. The molecule has 1 fully saturated rings. The van der Waals surface area contributed by atoms with E-state index in [0.29, 0.717) is 36.8 Å². The summed E-state index contributed by atoms with van der Waals surface area (Å²) in [5.41, 5.74) is 6.83. The number of rotatable bonds is 4. The molecule has 2 N–H and O–H groups in total. The van der Waals surface area contributed by atoms with E-state index in [2.05, 4.69) is 20.8 Å². The number of piperidine rings is 1. The van der Waals surface area contributed by atoms with Crippen molar-refractivity contribution in [1.29, 1.82) is 0 Å². The fourth-order valence-corrected chi connectivity index (χ4v) is 4.63. The topological polar surface area (TPSA) is 87.2 Å². The van der Waals surface area contributed by atoms with Crippen LogP contribution in [0.5, 0.6) is 0 Å². The summed E-state index contributed by atoms with van der Waals surface area (Å²) in [5.74, 6) is -0.389. The van der Waals surface area contributed by atoms with Gasteiger partial charge in [-0.25, -0.2) is 14.4 Å². The minimum atomic E-state index is -0.370. The van der Waals surface area contributed by atoms with Gasteiger partial charge in [-0.1, -0.05) is 12.1 Å². The van der Waals surface area contributed by atoms with E-state index in [-0.39, 0.29) is 23.5 Å². The van der Waals surface area contributed by atoms with Gasteiger partial charge in [0.1, 0.15) is 5.82 Å². The number of hydrogen-bond acceptors (Lipinski definition) is 6. The molecule has 0 spiro atoms. The fourth-order valence-electron chi connectivity index (χ4n) is 3.56. The number of halogens is 1. The van der Waals surface area contributed by atoms with Crippen LogP contribution < -0.4 is 15.8 Å². The zero-order valence-corrected chi connectivity index (χ0v) is 17.8. The van der Waals surface area contributed by atoms with Gasteiger partial charge in [0.05, 0.1) is 4.88 Å². The summed E-state index contributed by atoms with van der Waals surface area (Å²) in [6.07, 6.45) is 4.72. The summed E-state index contributed by atoms with van der Waals surface area (Å²) >= 11 is 1.31. The molecule has 31 heavy (non-hydrogen) atoms. The molecule has 3 aromatic rings. The normalized spacial score (nSPS) is 14.3. The number of anilines is 1. The summed E-state index contributed by atoms with van der Waals surface area (Å²) in [4.78, 5) is 36.9. The number of nitrogens with zero attached hydrogens (tertiary/aromatic N) is 3. The molecule has 2 aromatic heterocycles. The molecule has 7 nitrogen and oxygen atoms in total. The van der Waals surface area contributed by atoms with Crippen molar-refractivity contribution in [2.24, 2.45) is 5.92 Å². The van der Waals surface area contributed by atoms with Gasteiger partial charge in [-0.15, -0.1) is 11.3 Å². The van der Waals surface area contributed by atoms with Gasteiger partial charge in [0.15, 0.2) is 0 Å². The van der Waals surface area contributed by atoms with Crippen LogP contribution in [0.25, 0.3) is 10.4 Å². The molecule has 9 heteroatoms. The monoisotopic (exact) mass is 439 g/mol. The van der Waals surface area contributed by atoms with Crippen molar-refractivity contribution in [2.75, 3.05) is 18.0 Å². The lowest BCUT2D eigenvalue weighted by Crippen LogP contribution is -2.47. The molecule has 0 unspecified atom stereocenters. The number of aryl methyl sites for hydroxylation is 1. The van der Waals surface area contributed by atoms with E-state index in [1.165, 1.54) is 23.5 Å². The van der Waals surface area contributed by atoms with E-state index in [9.17, 15) is 14.0 Å². The SMILES string of the molecule is Cc1cc(C(=O)NNC(=O)C2CCN(c3ncccn3)CC2)sc1-c1ccc(F)cc1. The minimum Gasteiger partial charge on any atom is -0.341 e. The van der Waals surface area contributed by atoms with Crippen molar-refractivity contribution in [1.82, 2.24) is 20.8 Å². The van der Waals surface area contributed by atoms with E-state index < -0.39 is 0 Å². The number of thiophene rings is 1. The molecule has 4 rings (SSSR count). The number of benzene rings is 1. The average molecular weight is 440 g/mol. The van der Waals surface area contributed by atoms with Crippen LogP contribution in [0, 0.1) is 18.7 Å². The molecule has 1 aliphatic rings. The number of hydrazine groups is 1. The highest BCUT2D eigenvalue weighted by atomic mass is 32.1. The highest BCUT2D eigenvalue weighted by Gasteiger charge is 2.26. The minimum absolute atomic E-state index is 0.180. The van der Waals surface area contributed by atoms with E-state index >= 15 is 0 Å². The van der Waals surface area contributed by atoms with Gasteiger partial charge >= 0.3 is 0 Å². The van der Waals surface area contributed by atoms with Crippen molar-refractivity contribution in [3.63, 3.8) is 0 Å². The number of aromatic nitrogens is 2. The first-order valence-electron chi connectivity index (χ1n) is 10.00. The lowest BCUT2D eigenvalue weighted by atomic mass is 9.96. The Bertz CT molecular complexity index is 1060. The van der Waals surface area contributed by atoms with Crippen LogP contribution in [0.2, 0.25) is 0 Å². The Morgan fingerprint density at radius 3 is 2.45 bits per heavy atom. The predicted octanol–water partition coefficient (Wildman–Crippen LogP) is 3.33. The van der Waals surface area contributed by atoms with E-state index in [4.69, 9.17) is 0 Å². The third kappa shape index (κ3) is 4.88. The van der Waals surface area contributed by atoms with Crippen LogP contribution in [0.1, 0.15) is 28.1 Å². The van der Waals surface area contributed by atoms with Crippen LogP contribution in [-0.4, -0.2) is 34.9 Å². The summed E-state index contributed by atoms with van der Waals surface area (Å²) < 4.78 is 13.2. The van der Waals surface area contributed by atoms with Gasteiger partial charge < -0.3 is 4.90 Å². The Kier molecular flexibility index (Phi) is 6.22. The fraction of sp³-hybridized carbons (Fsp3) is 0.273. The molecule has 0 bridgehead atoms. The molecule has 1 aromatic carbocycles. The van der Waals surface area contributed by atoms with Crippen molar-refractivity contribution in [2.45, 2.75) is 19.8 Å². The second-order valence-corrected chi connectivity index (χ2v) is 8.44. The summed E-state index contributed by atoms with van der Waals surface area (Å²) in [5, 5.41) is 0. The number of hydrogen-bond donors (Lipinski definition) is 2. The molecule has 0 aliphatic carbocycles. The maximum Gasteiger partial charge on any atom is 0.279 e. The molecular weight excluding hydrogens is 417 g/mol. The molecule has 1 saturated heterocycles. The van der Waals surface area contributed by atoms with Crippen LogP contribution in [0.15, 0.2) is 48.8 Å². The standard InChI is InChI=1S/C22H22FN5O2S/c1-14-13-18(31-19(14)15-3-5-17(23)6-4-15)21(30)27-26-20(29)16-7-11-28(12-8-16)22-24-9-2-10-25-22/h2-6,9-10,13,16H,7-8,11-12H2,1H3,(H,26,29)(H,27,30). The predicted molar refractivity (Wildman–Crippen MR) is 117 cm³/mol. The van der Waals surface area contributed by atoms with Gasteiger partial charge in [0.2, 0.25) is 11.9 Å². The number of carbonyl (C=O) groups is 2. The molecule has 0 saturated carbocycles. The second kappa shape index (κ2) is 9.22. The van der Waals surface area contributed by atoms with Crippen LogP contribution in [0.3, 0.4) is 0 Å². The van der Waals surface area contributed by atoms with Crippen molar-refractivity contribution in [3.05, 3.63) is 65.0 Å². The maximum atomic E-state index is 13.2. The number of amides is 2. The van der Waals surface area contributed by atoms with Crippen LogP contribution in [0.4, 0.5) is 10.3 Å². The van der Waals surface area contributed by atoms with Crippen molar-refractivity contribution >= 4 is 29.1 Å². The van der Waals surface area contributed by atoms with Crippen molar-refractivity contribution < 1.29 is 14.0 Å². The van der Waals surface area contributed by atoms with E-state index in [0.717, 1.165) is 16.0 Å². The van der Waals surface area contributed by atoms with Gasteiger partial charge in [-0.2, -0.15) is 0 Å². The lowest BCUT2D eigenvalue weighted by Gasteiger charge is -2.31. The summed E-state index contributed by atoms with van der Waals surface area (Å²) in [7, 11) is 0. The first-order valence-corrected chi connectivity index (χ1v) is 10.8. The number of carbonyl (C=O) groups excluding carboxylic acids is 2. The van der Waals surface area contributed by atoms with E-state index in [1.807, 2.05) is 11.8 Å². The van der Waals surface area contributed by atoms with Gasteiger partial charge in [0.25, 0.3) is 5.91 Å². The summed E-state index contributed by atoms with van der Waals surface area (Å²) in [6, 6.07) is 9.69. The maximum absolute atomic E-state index is 13.2. The quantitative estimate of drug-likeness (QED) is 0.609. The first-order chi connectivity index (χ1) is 15.0. The Labute approximate surface area is 183 Å². The highest BCUT2D eigenvalue weighted by Crippen LogP contribution is 2.32. The second-order valence-electron chi connectivity index (χ2n) is 7.38. The molecule has 160 valence electrons. The lowest BCUT2D eigenvalue weighted by molar-refractivity contribution is -0.126. The summed E-state index contributed by atoms with van der Waals surface area (Å²) in [6.45, 7) is 3.26. The average Bonchev–Trinajstić information content (AvgIpc) is 3.20. The van der Waals surface area contributed by atoms with Crippen LogP contribution >= 0.6 is 11.3 Å². The Hall–Kier alpha value is -3.33. The van der Waals surface area contributed by atoms with Crippen molar-refractivity contribution in [3.8, 4) is 10.4 Å². The Morgan fingerprint density at radius 2 is 1.77 bits per heavy atom. The smallest absolute Gasteiger partial charge is 0.279 e. The third-order valence-corrected chi connectivity index (χ3v) is 6.53. The van der Waals surface area contributed by atoms with Crippen LogP contribution in [-0.2, 0) is 4.79 Å². The first kappa shape index (κ1) is 20.9. The Morgan fingerprint density at radius 1 is 1.10 bits per heavy atom. The zero-order valence-electron chi connectivity index (χ0n) is 17.0. The van der Waals surface area contributed by atoms with Gasteiger partial charge in [-0.05, 0) is 55.2 Å². The molecule has 3 heterocycles. The Balaban J connectivity index is 1.30. The van der Waals surface area contributed by atoms with Gasteiger partial charge in [0, 0.05) is 36.3 Å². The zero-order chi connectivity index (χ0) is 21.8. The van der Waals surface area contributed by atoms with E-state index in [1.54, 1.807) is 36.7 Å². The highest BCUT2D eigenvalue weighted by molar-refractivity contribution is 7.17. The largest absolute Gasteiger partial charge is 0.341 e.